The molecule has 21 heavy (non-hydrogen) atoms. The van der Waals surface area contributed by atoms with Gasteiger partial charge in [0, 0.05) is 11.3 Å². The van der Waals surface area contributed by atoms with Crippen LogP contribution in [0, 0.1) is 6.92 Å². The lowest BCUT2D eigenvalue weighted by atomic mass is 10.1. The van der Waals surface area contributed by atoms with Crippen molar-refractivity contribution in [3.8, 4) is 0 Å². The van der Waals surface area contributed by atoms with E-state index in [1.807, 2.05) is 24.3 Å². The minimum atomic E-state index is -0.461. The molecule has 1 aliphatic rings. The fraction of sp³-hybridized carbons (Fsp3) is 0.125. The number of para-hydroxylation sites is 1. The number of nitrogens with one attached hydrogen (secondary N) is 1. The Morgan fingerprint density at radius 1 is 1.33 bits per heavy atom. The average Bonchev–Trinajstić information content (AvgIpc) is 2.99. The Kier molecular flexibility index (Phi) is 3.10. The molecule has 1 amide bonds. The van der Waals surface area contributed by atoms with Crippen molar-refractivity contribution < 1.29 is 18.7 Å². The number of amides is 1. The van der Waals surface area contributed by atoms with E-state index >= 15 is 0 Å². The molecule has 0 unspecified atom stereocenters. The van der Waals surface area contributed by atoms with Crippen molar-refractivity contribution in [2.24, 2.45) is 0 Å². The van der Waals surface area contributed by atoms with Crippen LogP contribution in [0.25, 0.3) is 11.6 Å². The van der Waals surface area contributed by atoms with Crippen LogP contribution in [0.4, 0.5) is 5.69 Å². The summed E-state index contributed by atoms with van der Waals surface area (Å²) in [5.74, 6) is 0.247. The maximum Gasteiger partial charge on any atom is 0.341 e. The van der Waals surface area contributed by atoms with E-state index in [4.69, 9.17) is 4.42 Å². The standard InChI is InChI=1S/C16H13NO4/c1-9-12(16(19)20-2)7-10(21-9)8-13-11-5-3-4-6-14(11)17-15(13)18/h3-8H,1-2H3,(H,17,18)/b13-8+. The fourth-order valence-corrected chi connectivity index (χ4v) is 2.31. The van der Waals surface area contributed by atoms with E-state index in [1.165, 1.54) is 7.11 Å². The Bertz CT molecular complexity index is 770. The number of ether oxygens (including phenoxy) is 1. The smallest absolute Gasteiger partial charge is 0.341 e. The van der Waals surface area contributed by atoms with Crippen molar-refractivity contribution in [1.29, 1.82) is 0 Å². The molecule has 0 spiro atoms. The molecule has 0 fully saturated rings. The van der Waals surface area contributed by atoms with E-state index in [2.05, 4.69) is 10.1 Å². The van der Waals surface area contributed by atoms with E-state index in [9.17, 15) is 9.59 Å². The number of benzene rings is 1. The van der Waals surface area contributed by atoms with Gasteiger partial charge in [-0.15, -0.1) is 0 Å². The molecule has 0 atom stereocenters. The van der Waals surface area contributed by atoms with Crippen molar-refractivity contribution in [3.63, 3.8) is 0 Å². The molecule has 0 radical (unpaired) electrons. The van der Waals surface area contributed by atoms with Gasteiger partial charge in [0.15, 0.2) is 0 Å². The Morgan fingerprint density at radius 3 is 2.86 bits per heavy atom. The molecule has 0 saturated heterocycles. The Balaban J connectivity index is 2.03. The van der Waals surface area contributed by atoms with Gasteiger partial charge in [-0.2, -0.15) is 0 Å². The largest absolute Gasteiger partial charge is 0.465 e. The number of esters is 1. The lowest BCUT2D eigenvalue weighted by Crippen LogP contribution is -2.03. The normalized spacial score (nSPS) is 15.0. The van der Waals surface area contributed by atoms with Crippen LogP contribution in [0.15, 0.2) is 34.7 Å². The van der Waals surface area contributed by atoms with E-state index in [0.29, 0.717) is 22.7 Å². The molecule has 2 heterocycles. The minimum Gasteiger partial charge on any atom is -0.465 e. The Hall–Kier alpha value is -2.82. The lowest BCUT2D eigenvalue weighted by molar-refractivity contribution is -0.110. The number of furan rings is 1. The first-order valence-electron chi connectivity index (χ1n) is 6.41. The quantitative estimate of drug-likeness (QED) is 0.679. The first kappa shape index (κ1) is 13.2. The third-order valence-electron chi connectivity index (χ3n) is 3.34. The molecule has 0 bridgehead atoms. The summed E-state index contributed by atoms with van der Waals surface area (Å²) in [4.78, 5) is 23.6. The Labute approximate surface area is 121 Å². The van der Waals surface area contributed by atoms with Crippen LogP contribution in [-0.4, -0.2) is 19.0 Å². The molecule has 5 heteroatoms. The number of carbonyl (C=O) groups is 2. The molecule has 1 aromatic heterocycles. The van der Waals surface area contributed by atoms with Crippen LogP contribution < -0.4 is 5.32 Å². The van der Waals surface area contributed by atoms with E-state index < -0.39 is 5.97 Å². The molecule has 2 aromatic rings. The van der Waals surface area contributed by atoms with Gasteiger partial charge in [0.25, 0.3) is 5.91 Å². The third kappa shape index (κ3) is 2.23. The monoisotopic (exact) mass is 283 g/mol. The van der Waals surface area contributed by atoms with Crippen LogP contribution in [0.5, 0.6) is 0 Å². The van der Waals surface area contributed by atoms with Gasteiger partial charge in [-0.05, 0) is 25.1 Å². The number of methoxy groups -OCH3 is 1. The van der Waals surface area contributed by atoms with Gasteiger partial charge in [-0.3, -0.25) is 4.79 Å². The Morgan fingerprint density at radius 2 is 2.10 bits per heavy atom. The summed E-state index contributed by atoms with van der Waals surface area (Å²) in [6.45, 7) is 1.68. The fourth-order valence-electron chi connectivity index (χ4n) is 2.31. The molecule has 106 valence electrons. The van der Waals surface area contributed by atoms with E-state index in [-0.39, 0.29) is 5.91 Å². The van der Waals surface area contributed by atoms with Crippen molar-refractivity contribution in [2.75, 3.05) is 12.4 Å². The summed E-state index contributed by atoms with van der Waals surface area (Å²) < 4.78 is 10.2. The molecule has 3 rings (SSSR count). The first-order chi connectivity index (χ1) is 10.1. The zero-order valence-electron chi connectivity index (χ0n) is 11.6. The highest BCUT2D eigenvalue weighted by Crippen LogP contribution is 2.33. The molecule has 0 aliphatic carbocycles. The zero-order chi connectivity index (χ0) is 15.0. The second-order valence-electron chi connectivity index (χ2n) is 4.67. The minimum absolute atomic E-state index is 0.190. The van der Waals surface area contributed by atoms with Gasteiger partial charge in [0.05, 0.1) is 12.7 Å². The van der Waals surface area contributed by atoms with Crippen molar-refractivity contribution in [2.45, 2.75) is 6.92 Å². The molecular weight excluding hydrogens is 270 g/mol. The SMILES string of the molecule is COC(=O)c1cc(/C=C2/C(=O)Nc3ccccc32)oc1C. The molecule has 1 aromatic carbocycles. The van der Waals surface area contributed by atoms with Gasteiger partial charge in [-0.1, -0.05) is 18.2 Å². The summed E-state index contributed by atoms with van der Waals surface area (Å²) in [6.07, 6.45) is 1.63. The summed E-state index contributed by atoms with van der Waals surface area (Å²) in [5.41, 5.74) is 2.45. The van der Waals surface area contributed by atoms with E-state index in [1.54, 1.807) is 19.1 Å². The summed E-state index contributed by atoms with van der Waals surface area (Å²) in [6, 6.07) is 8.98. The predicted octanol–water partition coefficient (Wildman–Crippen LogP) is 2.87. The van der Waals surface area contributed by atoms with Gasteiger partial charge in [0.1, 0.15) is 17.1 Å². The third-order valence-corrected chi connectivity index (χ3v) is 3.34. The van der Waals surface area contributed by atoms with Gasteiger partial charge >= 0.3 is 5.97 Å². The number of aryl methyl sites for hydroxylation is 1. The highest BCUT2D eigenvalue weighted by Gasteiger charge is 2.24. The highest BCUT2D eigenvalue weighted by molar-refractivity contribution is 6.34. The van der Waals surface area contributed by atoms with Crippen LogP contribution in [0.3, 0.4) is 0 Å². The lowest BCUT2D eigenvalue weighted by Gasteiger charge is -1.95. The average molecular weight is 283 g/mol. The van der Waals surface area contributed by atoms with E-state index in [0.717, 1.165) is 11.3 Å². The first-order valence-corrected chi connectivity index (χ1v) is 6.41. The summed E-state index contributed by atoms with van der Waals surface area (Å²) in [5, 5.41) is 2.78. The predicted molar refractivity (Wildman–Crippen MR) is 77.7 cm³/mol. The molecule has 1 N–H and O–H groups in total. The van der Waals surface area contributed by atoms with Gasteiger partial charge in [-0.25, -0.2) is 4.79 Å². The second kappa shape index (κ2) is 4.94. The summed E-state index contributed by atoms with van der Waals surface area (Å²) >= 11 is 0. The van der Waals surface area contributed by atoms with Crippen molar-refractivity contribution in [3.05, 3.63) is 53.0 Å². The van der Waals surface area contributed by atoms with Crippen LogP contribution in [-0.2, 0) is 9.53 Å². The number of anilines is 1. The van der Waals surface area contributed by atoms with Crippen LogP contribution in [0.1, 0.15) is 27.4 Å². The maximum absolute atomic E-state index is 12.0. The molecule has 5 nitrogen and oxygen atoms in total. The number of rotatable bonds is 2. The molecule has 0 saturated carbocycles. The topological polar surface area (TPSA) is 68.5 Å². The number of fused-ring (bicyclic) bond motifs is 1. The highest BCUT2D eigenvalue weighted by atomic mass is 16.5. The van der Waals surface area contributed by atoms with Crippen LogP contribution in [0.2, 0.25) is 0 Å². The van der Waals surface area contributed by atoms with Crippen molar-refractivity contribution in [1.82, 2.24) is 0 Å². The number of hydrogen-bond donors (Lipinski definition) is 1. The van der Waals surface area contributed by atoms with Gasteiger partial charge in [0.2, 0.25) is 0 Å². The van der Waals surface area contributed by atoms with Crippen molar-refractivity contribution >= 4 is 29.2 Å². The molecular formula is C16H13NO4. The second-order valence-corrected chi connectivity index (χ2v) is 4.67. The number of carbonyl (C=O) groups excluding carboxylic acids is 2. The number of hydrogen-bond acceptors (Lipinski definition) is 4. The van der Waals surface area contributed by atoms with Gasteiger partial charge < -0.3 is 14.5 Å². The summed E-state index contributed by atoms with van der Waals surface area (Å²) in [7, 11) is 1.31. The maximum atomic E-state index is 12.0. The van der Waals surface area contributed by atoms with Crippen LogP contribution >= 0.6 is 0 Å². The molecule has 1 aliphatic heterocycles. The zero-order valence-corrected chi connectivity index (χ0v) is 11.6.